The smallest absolute Gasteiger partial charge is 0.235 e. The second kappa shape index (κ2) is 7.58. The Kier molecular flexibility index (Phi) is 4.75. The zero-order chi connectivity index (χ0) is 20.6. The van der Waals surface area contributed by atoms with Crippen molar-refractivity contribution < 1.29 is 9.21 Å². The molecule has 30 heavy (non-hydrogen) atoms. The molecule has 0 unspecified atom stereocenters. The summed E-state index contributed by atoms with van der Waals surface area (Å²) >= 11 is 6.43. The minimum absolute atomic E-state index is 0.0236. The first-order valence-electron chi connectivity index (χ1n) is 10.0. The van der Waals surface area contributed by atoms with Gasteiger partial charge in [-0.1, -0.05) is 54.8 Å². The lowest BCUT2D eigenvalue weighted by Gasteiger charge is -2.28. The fraction of sp³-hybridized carbons (Fsp3) is 0.208. The van der Waals surface area contributed by atoms with E-state index in [0.29, 0.717) is 27.8 Å². The van der Waals surface area contributed by atoms with E-state index in [-0.39, 0.29) is 5.91 Å². The molecule has 5 nitrogen and oxygen atoms in total. The Morgan fingerprint density at radius 1 is 1.03 bits per heavy atom. The van der Waals surface area contributed by atoms with Crippen molar-refractivity contribution in [3.8, 4) is 11.5 Å². The Balaban J connectivity index is 1.48. The topological polar surface area (TPSA) is 68.0 Å². The first kappa shape index (κ1) is 18.8. The highest BCUT2D eigenvalue weighted by Crippen LogP contribution is 2.42. The summed E-state index contributed by atoms with van der Waals surface area (Å²) in [6, 6.07) is 19.0. The Morgan fingerprint density at radius 3 is 2.60 bits per heavy atom. The zero-order valence-corrected chi connectivity index (χ0v) is 17.0. The molecule has 0 bridgehead atoms. The van der Waals surface area contributed by atoms with Crippen LogP contribution in [-0.4, -0.2) is 15.9 Å². The molecule has 4 aromatic rings. The summed E-state index contributed by atoms with van der Waals surface area (Å²) in [7, 11) is 0. The van der Waals surface area contributed by atoms with E-state index in [9.17, 15) is 4.79 Å². The van der Waals surface area contributed by atoms with Gasteiger partial charge in [-0.05, 0) is 48.7 Å². The van der Waals surface area contributed by atoms with Crippen LogP contribution in [0.1, 0.15) is 31.2 Å². The fourth-order valence-electron chi connectivity index (χ4n) is 4.27. The first-order chi connectivity index (χ1) is 14.7. The summed E-state index contributed by atoms with van der Waals surface area (Å²) in [5.74, 6) is 0.416. The summed E-state index contributed by atoms with van der Waals surface area (Å²) in [5.41, 5.74) is 2.97. The van der Waals surface area contributed by atoms with E-state index in [1.54, 1.807) is 24.4 Å². The molecule has 1 aliphatic carbocycles. The van der Waals surface area contributed by atoms with Gasteiger partial charge in [0, 0.05) is 11.8 Å². The van der Waals surface area contributed by atoms with Gasteiger partial charge >= 0.3 is 0 Å². The molecule has 0 radical (unpaired) electrons. The van der Waals surface area contributed by atoms with Crippen molar-refractivity contribution in [2.45, 2.75) is 31.1 Å². The summed E-state index contributed by atoms with van der Waals surface area (Å²) < 4.78 is 5.81. The van der Waals surface area contributed by atoms with Crippen LogP contribution < -0.4 is 5.32 Å². The lowest BCUT2D eigenvalue weighted by Crippen LogP contribution is -2.38. The van der Waals surface area contributed by atoms with Gasteiger partial charge in [0.15, 0.2) is 11.2 Å². The van der Waals surface area contributed by atoms with E-state index in [1.807, 2.05) is 42.5 Å². The molecule has 2 aromatic carbocycles. The van der Waals surface area contributed by atoms with Crippen LogP contribution in [0.4, 0.5) is 5.69 Å². The molecule has 1 N–H and O–H groups in total. The highest BCUT2D eigenvalue weighted by atomic mass is 35.5. The number of nitrogens with zero attached hydrogens (tertiary/aromatic N) is 2. The Bertz CT molecular complexity index is 1180. The van der Waals surface area contributed by atoms with Crippen molar-refractivity contribution in [2.24, 2.45) is 0 Å². The van der Waals surface area contributed by atoms with Gasteiger partial charge in [-0.3, -0.25) is 4.79 Å². The van der Waals surface area contributed by atoms with E-state index < -0.39 is 5.41 Å². The molecule has 0 saturated heterocycles. The van der Waals surface area contributed by atoms with Gasteiger partial charge in [0.25, 0.3) is 0 Å². The van der Waals surface area contributed by atoms with Gasteiger partial charge in [-0.25, -0.2) is 4.98 Å². The number of pyridine rings is 1. The predicted molar refractivity (Wildman–Crippen MR) is 117 cm³/mol. The van der Waals surface area contributed by atoms with Crippen LogP contribution in [0.3, 0.4) is 0 Å². The zero-order valence-electron chi connectivity index (χ0n) is 16.3. The van der Waals surface area contributed by atoms with Crippen LogP contribution in [0.5, 0.6) is 0 Å². The summed E-state index contributed by atoms with van der Waals surface area (Å²) in [6.45, 7) is 0. The van der Waals surface area contributed by atoms with Gasteiger partial charge in [-0.15, -0.1) is 0 Å². The van der Waals surface area contributed by atoms with Crippen molar-refractivity contribution in [1.29, 1.82) is 0 Å². The summed E-state index contributed by atoms with van der Waals surface area (Å²) in [5, 5.41) is 3.55. The quantitative estimate of drug-likeness (QED) is 0.442. The molecule has 2 aromatic heterocycles. The number of amides is 1. The number of aromatic nitrogens is 2. The number of hydrogen-bond acceptors (Lipinski definition) is 4. The molecular formula is C24H20ClN3O2. The number of fused-ring (bicyclic) bond motifs is 1. The Labute approximate surface area is 179 Å². The summed E-state index contributed by atoms with van der Waals surface area (Å²) in [6.07, 6.45) is 5.40. The van der Waals surface area contributed by atoms with Crippen LogP contribution in [0.25, 0.3) is 22.7 Å². The van der Waals surface area contributed by atoms with Crippen LogP contribution in [-0.2, 0) is 10.2 Å². The highest BCUT2D eigenvalue weighted by molar-refractivity contribution is 6.34. The van der Waals surface area contributed by atoms with E-state index in [2.05, 4.69) is 15.3 Å². The molecule has 1 fully saturated rings. The molecule has 5 rings (SSSR count). The maximum absolute atomic E-state index is 13.5. The number of carbonyl (C=O) groups excluding carboxylic acids is 1. The monoisotopic (exact) mass is 417 g/mol. The largest absolute Gasteiger partial charge is 0.434 e. The van der Waals surface area contributed by atoms with Gasteiger partial charge in [0.1, 0.15) is 0 Å². The average molecular weight is 418 g/mol. The number of nitrogens with one attached hydrogen (secondary N) is 1. The molecular weight excluding hydrogens is 398 g/mol. The van der Waals surface area contributed by atoms with E-state index in [4.69, 9.17) is 16.0 Å². The van der Waals surface area contributed by atoms with Crippen LogP contribution in [0, 0.1) is 0 Å². The van der Waals surface area contributed by atoms with Crippen molar-refractivity contribution in [1.82, 2.24) is 9.97 Å². The number of oxazole rings is 1. The minimum atomic E-state index is -0.526. The molecule has 1 aliphatic rings. The number of benzene rings is 2. The van der Waals surface area contributed by atoms with Gasteiger partial charge in [0.2, 0.25) is 11.8 Å². The maximum atomic E-state index is 13.5. The molecule has 1 saturated carbocycles. The maximum Gasteiger partial charge on any atom is 0.235 e. The van der Waals surface area contributed by atoms with Gasteiger partial charge in [-0.2, -0.15) is 4.98 Å². The first-order valence-corrected chi connectivity index (χ1v) is 10.4. The molecule has 0 aliphatic heterocycles. The van der Waals surface area contributed by atoms with E-state index in [1.165, 1.54) is 0 Å². The lowest BCUT2D eigenvalue weighted by atomic mass is 9.78. The fourth-order valence-corrected chi connectivity index (χ4v) is 4.44. The predicted octanol–water partition coefficient (Wildman–Crippen LogP) is 5.99. The third-order valence-electron chi connectivity index (χ3n) is 5.84. The lowest BCUT2D eigenvalue weighted by molar-refractivity contribution is -0.121. The number of halogens is 1. The number of rotatable bonds is 4. The highest BCUT2D eigenvalue weighted by Gasteiger charge is 2.42. The van der Waals surface area contributed by atoms with Crippen molar-refractivity contribution in [2.75, 3.05) is 5.32 Å². The molecule has 1 amide bonds. The minimum Gasteiger partial charge on any atom is -0.434 e. The number of carbonyl (C=O) groups is 1. The van der Waals surface area contributed by atoms with E-state index >= 15 is 0 Å². The van der Waals surface area contributed by atoms with Gasteiger partial charge < -0.3 is 9.73 Å². The third-order valence-corrected chi connectivity index (χ3v) is 6.17. The normalized spacial score (nSPS) is 15.4. The SMILES string of the molecule is O=C(Nc1cc(-c2nc3ncccc3o2)ccc1Cl)C1(c2ccccc2)CCCC1. The molecule has 150 valence electrons. The second-order valence-electron chi connectivity index (χ2n) is 7.65. The average Bonchev–Trinajstić information content (AvgIpc) is 3.44. The molecule has 6 heteroatoms. The van der Waals surface area contributed by atoms with Gasteiger partial charge in [0.05, 0.1) is 16.1 Å². The van der Waals surface area contributed by atoms with E-state index in [0.717, 1.165) is 36.8 Å². The Morgan fingerprint density at radius 2 is 1.83 bits per heavy atom. The molecule has 0 spiro atoms. The summed E-state index contributed by atoms with van der Waals surface area (Å²) in [4.78, 5) is 22.1. The van der Waals surface area contributed by atoms with Crippen LogP contribution in [0.15, 0.2) is 71.3 Å². The van der Waals surface area contributed by atoms with Crippen molar-refractivity contribution in [3.63, 3.8) is 0 Å². The molecule has 0 atom stereocenters. The standard InChI is InChI=1S/C24H20ClN3O2/c25-18-11-10-16(22-28-21-20(30-22)9-6-14-26-21)15-19(18)27-23(29)24(12-4-5-13-24)17-7-2-1-3-8-17/h1-3,6-11,14-15H,4-5,12-13H2,(H,27,29). The number of hydrogen-bond donors (Lipinski definition) is 1. The number of anilines is 1. The van der Waals surface area contributed by atoms with Crippen LogP contribution in [0.2, 0.25) is 5.02 Å². The second-order valence-corrected chi connectivity index (χ2v) is 8.06. The third kappa shape index (κ3) is 3.25. The van der Waals surface area contributed by atoms with Crippen molar-refractivity contribution in [3.05, 3.63) is 77.4 Å². The Hall–Kier alpha value is -3.18. The van der Waals surface area contributed by atoms with Crippen molar-refractivity contribution >= 4 is 34.4 Å². The van der Waals surface area contributed by atoms with Crippen LogP contribution >= 0.6 is 11.6 Å². The molecule has 2 heterocycles.